The molecule has 0 bridgehead atoms. The highest BCUT2D eigenvalue weighted by Gasteiger charge is 2.07. The van der Waals surface area contributed by atoms with Crippen molar-refractivity contribution in [1.82, 2.24) is 0 Å². The van der Waals surface area contributed by atoms with Crippen molar-refractivity contribution in [3.63, 3.8) is 0 Å². The highest BCUT2D eigenvalue weighted by atomic mass is 35.5. The van der Waals surface area contributed by atoms with Gasteiger partial charge in [-0.05, 0) is 49.1 Å². The van der Waals surface area contributed by atoms with Crippen LogP contribution >= 0.6 is 23.2 Å². The summed E-state index contributed by atoms with van der Waals surface area (Å²) < 4.78 is 16.8. The Morgan fingerprint density at radius 2 is 1.64 bits per heavy atom. The number of hydrogen-bond acceptors (Lipinski definition) is 3. The minimum atomic E-state index is 0.521. The van der Waals surface area contributed by atoms with Gasteiger partial charge in [0, 0.05) is 0 Å². The second-order valence-corrected chi connectivity index (χ2v) is 6.25. The van der Waals surface area contributed by atoms with Crippen molar-refractivity contribution >= 4 is 23.2 Å². The fourth-order valence-electron chi connectivity index (χ4n) is 2.31. The third-order valence-corrected chi connectivity index (χ3v) is 4.16. The van der Waals surface area contributed by atoms with E-state index < -0.39 is 0 Å². The average molecular weight is 381 g/mol. The van der Waals surface area contributed by atoms with Crippen molar-refractivity contribution < 1.29 is 14.2 Å². The van der Waals surface area contributed by atoms with Crippen molar-refractivity contribution in [2.75, 3.05) is 20.3 Å². The number of unbranched alkanes of at least 4 members (excludes halogenated alkanes) is 1. The number of hydrogen-bond donors (Lipinski definition) is 0. The van der Waals surface area contributed by atoms with Crippen LogP contribution in [0.15, 0.2) is 49.1 Å². The van der Waals surface area contributed by atoms with Gasteiger partial charge < -0.3 is 14.2 Å². The zero-order valence-corrected chi connectivity index (χ0v) is 15.8. The number of para-hydroxylation sites is 1. The lowest BCUT2D eigenvalue weighted by molar-refractivity contribution is 0.258. The van der Waals surface area contributed by atoms with Crippen LogP contribution in [0, 0.1) is 0 Å². The van der Waals surface area contributed by atoms with E-state index in [2.05, 4.69) is 6.58 Å². The number of halogens is 2. The van der Waals surface area contributed by atoms with Gasteiger partial charge in [-0.2, -0.15) is 0 Å². The molecule has 0 unspecified atom stereocenters. The van der Waals surface area contributed by atoms with Gasteiger partial charge in [0.2, 0.25) is 0 Å². The van der Waals surface area contributed by atoms with Crippen LogP contribution in [0.25, 0.3) is 0 Å². The molecule has 0 N–H and O–H groups in total. The summed E-state index contributed by atoms with van der Waals surface area (Å²) in [5.41, 5.74) is 1.14. The molecule has 0 aromatic heterocycles. The third kappa shape index (κ3) is 5.87. The van der Waals surface area contributed by atoms with Crippen LogP contribution in [0.3, 0.4) is 0 Å². The lowest BCUT2D eigenvalue weighted by Crippen LogP contribution is -2.04. The summed E-state index contributed by atoms with van der Waals surface area (Å²) in [6.07, 6.45) is 4.34. The summed E-state index contributed by atoms with van der Waals surface area (Å²) in [5, 5.41) is 1.04. The van der Waals surface area contributed by atoms with E-state index in [0.717, 1.165) is 36.3 Å². The molecular weight excluding hydrogens is 359 g/mol. The highest BCUT2D eigenvalue weighted by Crippen LogP contribution is 2.32. The minimum absolute atomic E-state index is 0.521. The van der Waals surface area contributed by atoms with E-state index in [-0.39, 0.29) is 0 Å². The average Bonchev–Trinajstić information content (AvgIpc) is 2.61. The number of rotatable bonds is 10. The van der Waals surface area contributed by atoms with Gasteiger partial charge in [0.1, 0.15) is 0 Å². The zero-order valence-electron chi connectivity index (χ0n) is 14.3. The fraction of sp³-hybridized carbons (Fsp3) is 0.300. The van der Waals surface area contributed by atoms with Crippen molar-refractivity contribution in [3.05, 3.63) is 64.7 Å². The third-order valence-electron chi connectivity index (χ3n) is 3.57. The Morgan fingerprint density at radius 1 is 0.960 bits per heavy atom. The van der Waals surface area contributed by atoms with E-state index in [4.69, 9.17) is 37.4 Å². The number of ether oxygens (including phenoxy) is 3. The molecule has 0 aliphatic heterocycles. The van der Waals surface area contributed by atoms with E-state index in [1.165, 1.54) is 0 Å². The van der Waals surface area contributed by atoms with Crippen LogP contribution in [0.2, 0.25) is 10.0 Å². The summed E-state index contributed by atoms with van der Waals surface area (Å²) >= 11 is 12.1. The number of benzene rings is 2. The zero-order chi connectivity index (χ0) is 18.1. The first-order valence-corrected chi connectivity index (χ1v) is 8.88. The quantitative estimate of drug-likeness (QED) is 0.375. The molecule has 2 aromatic carbocycles. The predicted molar refractivity (Wildman–Crippen MR) is 104 cm³/mol. The molecule has 2 rings (SSSR count). The molecular formula is C20H22Cl2O3. The van der Waals surface area contributed by atoms with Gasteiger partial charge in [-0.3, -0.25) is 0 Å². The van der Waals surface area contributed by atoms with Gasteiger partial charge in [0.05, 0.1) is 30.4 Å². The van der Waals surface area contributed by atoms with Crippen molar-refractivity contribution in [2.24, 2.45) is 0 Å². The van der Waals surface area contributed by atoms with E-state index >= 15 is 0 Å². The molecule has 5 heteroatoms. The Balaban J connectivity index is 1.75. The van der Waals surface area contributed by atoms with Crippen molar-refractivity contribution in [2.45, 2.75) is 19.3 Å². The second-order valence-electron chi connectivity index (χ2n) is 5.43. The second kappa shape index (κ2) is 10.2. The normalized spacial score (nSPS) is 10.4. The van der Waals surface area contributed by atoms with Crippen LogP contribution < -0.4 is 14.2 Å². The summed E-state index contributed by atoms with van der Waals surface area (Å²) in [7, 11) is 1.64. The Morgan fingerprint density at radius 3 is 2.28 bits per heavy atom. The molecule has 0 saturated heterocycles. The van der Waals surface area contributed by atoms with Gasteiger partial charge in [-0.25, -0.2) is 0 Å². The molecule has 0 aliphatic carbocycles. The smallest absolute Gasteiger partial charge is 0.161 e. The monoisotopic (exact) mass is 380 g/mol. The maximum Gasteiger partial charge on any atom is 0.161 e. The summed E-state index contributed by atoms with van der Waals surface area (Å²) in [6, 6.07) is 11.2. The Kier molecular flexibility index (Phi) is 7.96. The molecule has 0 aliphatic rings. The summed E-state index contributed by atoms with van der Waals surface area (Å²) in [6.45, 7) is 4.85. The Labute approximate surface area is 159 Å². The standard InChI is InChI=1S/C20H22Cl2O3/c1-3-7-15-10-11-18(19(14-15)23-2)24-12-4-5-13-25-20-16(21)8-6-9-17(20)22/h3,6,8-11,14H,1,4-5,7,12-13H2,2H3. The van der Waals surface area contributed by atoms with E-state index in [1.54, 1.807) is 25.3 Å². The molecule has 0 radical (unpaired) electrons. The first-order valence-electron chi connectivity index (χ1n) is 8.13. The largest absolute Gasteiger partial charge is 0.493 e. The molecule has 25 heavy (non-hydrogen) atoms. The summed E-state index contributed by atoms with van der Waals surface area (Å²) in [4.78, 5) is 0. The van der Waals surface area contributed by atoms with Crippen LogP contribution in [-0.4, -0.2) is 20.3 Å². The molecule has 0 amide bonds. The predicted octanol–water partition coefficient (Wildman–Crippen LogP) is 5.97. The van der Waals surface area contributed by atoms with Gasteiger partial charge in [0.25, 0.3) is 0 Å². The van der Waals surface area contributed by atoms with Crippen molar-refractivity contribution in [1.29, 1.82) is 0 Å². The fourth-order valence-corrected chi connectivity index (χ4v) is 2.81. The van der Waals surface area contributed by atoms with Gasteiger partial charge in [-0.1, -0.05) is 41.4 Å². The van der Waals surface area contributed by atoms with Crippen molar-refractivity contribution in [3.8, 4) is 17.2 Å². The number of methoxy groups -OCH3 is 1. The van der Waals surface area contributed by atoms with Gasteiger partial charge in [0.15, 0.2) is 17.2 Å². The molecule has 0 saturated carbocycles. The molecule has 0 heterocycles. The lowest BCUT2D eigenvalue weighted by atomic mass is 10.1. The van der Waals surface area contributed by atoms with Crippen LogP contribution in [0.1, 0.15) is 18.4 Å². The van der Waals surface area contributed by atoms with E-state index in [9.17, 15) is 0 Å². The molecule has 0 fully saturated rings. The molecule has 0 spiro atoms. The number of allylic oxidation sites excluding steroid dienone is 1. The molecule has 2 aromatic rings. The highest BCUT2D eigenvalue weighted by molar-refractivity contribution is 6.37. The van der Waals surface area contributed by atoms with Crippen LogP contribution in [0.5, 0.6) is 17.2 Å². The maximum absolute atomic E-state index is 6.06. The van der Waals surface area contributed by atoms with E-state index in [0.29, 0.717) is 29.0 Å². The van der Waals surface area contributed by atoms with Gasteiger partial charge >= 0.3 is 0 Å². The SMILES string of the molecule is C=CCc1ccc(OCCCCOc2c(Cl)cccc2Cl)c(OC)c1. The van der Waals surface area contributed by atoms with Gasteiger partial charge in [-0.15, -0.1) is 6.58 Å². The topological polar surface area (TPSA) is 27.7 Å². The molecule has 134 valence electrons. The first-order chi connectivity index (χ1) is 12.2. The maximum atomic E-state index is 6.06. The van der Waals surface area contributed by atoms with Crippen LogP contribution in [0.4, 0.5) is 0 Å². The molecule has 0 atom stereocenters. The van der Waals surface area contributed by atoms with Crippen LogP contribution in [-0.2, 0) is 6.42 Å². The molecule has 3 nitrogen and oxygen atoms in total. The first kappa shape index (κ1) is 19.5. The minimum Gasteiger partial charge on any atom is -0.493 e. The lowest BCUT2D eigenvalue weighted by Gasteiger charge is -2.12. The summed E-state index contributed by atoms with van der Waals surface area (Å²) in [5.74, 6) is 2.01. The Bertz CT molecular complexity index is 681. The Hall–Kier alpha value is -1.84. The van der Waals surface area contributed by atoms with E-state index in [1.807, 2.05) is 24.3 Å².